The molecular formula is C46H46N2O12. The molecule has 1 fully saturated rings. The van der Waals surface area contributed by atoms with Crippen molar-refractivity contribution >= 4 is 24.1 Å². The molecule has 14 heteroatoms. The monoisotopic (exact) mass is 818 g/mol. The van der Waals surface area contributed by atoms with Gasteiger partial charge < -0.3 is 48.9 Å². The lowest BCUT2D eigenvalue weighted by molar-refractivity contribution is -0.304. The largest absolute Gasteiger partial charge is 0.454 e. The lowest BCUT2D eigenvalue weighted by Crippen LogP contribution is -2.62. The fourth-order valence-electron chi connectivity index (χ4n) is 6.68. The van der Waals surface area contributed by atoms with Gasteiger partial charge in [0.25, 0.3) is 0 Å². The number of carbonyl (C=O) groups excluding carboxylic acids is 4. The first-order chi connectivity index (χ1) is 29.3. The Labute approximate surface area is 347 Å². The first-order valence-corrected chi connectivity index (χ1v) is 19.2. The number of aliphatic hydroxyl groups excluding tert-OH is 1. The molecule has 5 aromatic carbocycles. The third-order valence-electron chi connectivity index (χ3n) is 9.57. The summed E-state index contributed by atoms with van der Waals surface area (Å²) < 4.78 is 40.5. The van der Waals surface area contributed by atoms with Crippen molar-refractivity contribution in [2.45, 2.75) is 49.5 Å². The van der Waals surface area contributed by atoms with Crippen molar-refractivity contribution in [1.82, 2.24) is 10.6 Å². The zero-order valence-electron chi connectivity index (χ0n) is 32.8. The van der Waals surface area contributed by atoms with E-state index in [2.05, 4.69) is 10.6 Å². The fourth-order valence-corrected chi connectivity index (χ4v) is 6.68. The van der Waals surface area contributed by atoms with Crippen LogP contribution in [-0.2, 0) is 61.6 Å². The number of nitrogens with one attached hydrogen (secondary N) is 2. The van der Waals surface area contributed by atoms with Crippen LogP contribution in [0.3, 0.4) is 0 Å². The summed E-state index contributed by atoms with van der Waals surface area (Å²) in [5.41, 5.74) is 2.61. The van der Waals surface area contributed by atoms with Gasteiger partial charge >= 0.3 is 24.1 Å². The van der Waals surface area contributed by atoms with Gasteiger partial charge in [-0.3, -0.25) is 9.59 Å². The fraction of sp³-hybridized carbons (Fsp3) is 0.261. The zero-order chi connectivity index (χ0) is 42.2. The minimum absolute atomic E-state index is 0.0362. The molecule has 6 rings (SSSR count). The second-order valence-corrected chi connectivity index (χ2v) is 13.6. The number of amides is 2. The Balaban J connectivity index is 1.20. The molecule has 312 valence electrons. The van der Waals surface area contributed by atoms with Crippen molar-refractivity contribution in [3.8, 4) is 0 Å². The summed E-state index contributed by atoms with van der Waals surface area (Å²) in [6.45, 7) is -1.67. The first kappa shape index (κ1) is 43.0. The molecule has 1 aliphatic rings. The van der Waals surface area contributed by atoms with E-state index in [1.165, 1.54) is 7.11 Å². The van der Waals surface area contributed by atoms with Crippen LogP contribution in [0.5, 0.6) is 0 Å². The average Bonchev–Trinajstić information content (AvgIpc) is 3.30. The highest BCUT2D eigenvalue weighted by Gasteiger charge is 2.51. The van der Waals surface area contributed by atoms with Crippen LogP contribution in [0.15, 0.2) is 152 Å². The summed E-state index contributed by atoms with van der Waals surface area (Å²) in [6, 6.07) is 46.5. The summed E-state index contributed by atoms with van der Waals surface area (Å²) in [5, 5.41) is 16.6. The molecule has 0 radical (unpaired) electrons. The van der Waals surface area contributed by atoms with Crippen molar-refractivity contribution in [3.63, 3.8) is 0 Å². The Morgan fingerprint density at radius 3 is 1.37 bits per heavy atom. The van der Waals surface area contributed by atoms with Crippen molar-refractivity contribution in [2.75, 3.05) is 26.8 Å². The van der Waals surface area contributed by atoms with E-state index in [1.807, 2.05) is 103 Å². The summed E-state index contributed by atoms with van der Waals surface area (Å²) in [7, 11) is 1.28. The lowest BCUT2D eigenvalue weighted by atomic mass is 9.80. The zero-order valence-corrected chi connectivity index (χ0v) is 32.8. The van der Waals surface area contributed by atoms with Crippen molar-refractivity contribution in [2.24, 2.45) is 0 Å². The van der Waals surface area contributed by atoms with E-state index in [-0.39, 0.29) is 19.8 Å². The molecular weight excluding hydrogens is 773 g/mol. The predicted molar refractivity (Wildman–Crippen MR) is 216 cm³/mol. The summed E-state index contributed by atoms with van der Waals surface area (Å²) in [5.74, 6) is -1.98. The molecule has 0 unspecified atom stereocenters. The lowest BCUT2D eigenvalue weighted by Gasteiger charge is -2.44. The second kappa shape index (κ2) is 21.4. The normalized spacial score (nSPS) is 18.7. The van der Waals surface area contributed by atoms with E-state index >= 15 is 0 Å². The van der Waals surface area contributed by atoms with Gasteiger partial charge in [0.2, 0.25) is 0 Å². The van der Waals surface area contributed by atoms with Gasteiger partial charge in [0, 0.05) is 7.11 Å². The van der Waals surface area contributed by atoms with E-state index in [0.29, 0.717) is 0 Å². The van der Waals surface area contributed by atoms with Crippen LogP contribution in [0.1, 0.15) is 27.8 Å². The van der Waals surface area contributed by atoms with Crippen LogP contribution in [0, 0.1) is 0 Å². The molecule has 0 spiro atoms. The maximum atomic E-state index is 13.3. The highest BCUT2D eigenvalue weighted by Crippen LogP contribution is 2.41. The molecule has 2 amide bonds. The molecule has 1 saturated heterocycles. The molecule has 0 bridgehead atoms. The Kier molecular flexibility index (Phi) is 15.4. The number of alkyl carbamates (subject to hydrolysis) is 2. The van der Waals surface area contributed by atoms with Crippen LogP contribution in [0.25, 0.3) is 0 Å². The van der Waals surface area contributed by atoms with Crippen LogP contribution >= 0.6 is 0 Å². The van der Waals surface area contributed by atoms with E-state index in [1.54, 1.807) is 48.5 Å². The topological polar surface area (TPSA) is 177 Å². The van der Waals surface area contributed by atoms with Gasteiger partial charge in [-0.05, 0) is 27.8 Å². The van der Waals surface area contributed by atoms with Gasteiger partial charge in [0.15, 0.2) is 18.5 Å². The molecule has 14 nitrogen and oxygen atoms in total. The van der Waals surface area contributed by atoms with Crippen molar-refractivity contribution in [3.05, 3.63) is 179 Å². The van der Waals surface area contributed by atoms with Crippen molar-refractivity contribution < 1.29 is 57.4 Å². The Morgan fingerprint density at radius 1 is 0.583 bits per heavy atom. The minimum Gasteiger partial charge on any atom is -0.454 e. The van der Waals surface area contributed by atoms with Crippen LogP contribution in [-0.4, -0.2) is 86.7 Å². The molecule has 5 aromatic rings. The summed E-state index contributed by atoms with van der Waals surface area (Å²) in [6.07, 6.45) is -9.25. The molecule has 60 heavy (non-hydrogen) atoms. The first-order valence-electron chi connectivity index (χ1n) is 19.2. The van der Waals surface area contributed by atoms with E-state index in [0.717, 1.165) is 27.8 Å². The average molecular weight is 819 g/mol. The number of rotatable bonds is 17. The van der Waals surface area contributed by atoms with E-state index in [4.69, 9.17) is 33.2 Å². The van der Waals surface area contributed by atoms with Gasteiger partial charge in [-0.15, -0.1) is 0 Å². The van der Waals surface area contributed by atoms with Gasteiger partial charge in [-0.2, -0.15) is 0 Å². The van der Waals surface area contributed by atoms with Gasteiger partial charge in [0.1, 0.15) is 44.1 Å². The number of benzene rings is 5. The molecule has 1 heterocycles. The molecule has 0 aromatic heterocycles. The van der Waals surface area contributed by atoms with E-state index in [9.17, 15) is 24.3 Å². The molecule has 0 saturated carbocycles. The number of ether oxygens (including phenoxy) is 7. The third-order valence-corrected chi connectivity index (χ3v) is 9.57. The number of carbonyl (C=O) groups is 4. The maximum absolute atomic E-state index is 13.3. The molecule has 5 atom stereocenters. The number of hydrogen-bond acceptors (Lipinski definition) is 12. The Hall–Kier alpha value is -6.58. The summed E-state index contributed by atoms with van der Waals surface area (Å²) in [4.78, 5) is 51.3. The SMILES string of the molecule is CO[C@H]1O[C@H](COC(c2ccccc2)(c2ccccc2)c2ccccc2)[C@@H](O)[C@H](OC(=O)CNC(=O)OCc2ccccc2)[C@@H]1OC(=O)CNC(=O)OCc1ccccc1. The Bertz CT molecular complexity index is 2010. The van der Waals surface area contributed by atoms with Crippen LogP contribution in [0.4, 0.5) is 9.59 Å². The Morgan fingerprint density at radius 2 is 0.967 bits per heavy atom. The standard InChI is InChI=1S/C46H46N2O12/c1-54-43-42(60-39(50)28-48-45(53)56-30-33-19-9-3-10-20-33)41(59-38(49)27-47-44(52)55-29-32-17-7-2-8-18-32)40(51)37(58-43)31-57-46(34-21-11-4-12-22-34,35-23-13-5-14-24-35)36-25-15-6-16-26-36/h2-26,37,40-43,51H,27-31H2,1H3,(H,47,52)(H,48,53)/t37-,40-,41+,42+,43+/m1/s1. The molecule has 3 N–H and O–H groups in total. The number of hydrogen-bond donors (Lipinski definition) is 3. The summed E-state index contributed by atoms with van der Waals surface area (Å²) >= 11 is 0. The molecule has 1 aliphatic heterocycles. The smallest absolute Gasteiger partial charge is 0.407 e. The number of esters is 2. The molecule has 0 aliphatic carbocycles. The second-order valence-electron chi connectivity index (χ2n) is 13.6. The third kappa shape index (κ3) is 11.3. The maximum Gasteiger partial charge on any atom is 0.407 e. The van der Waals surface area contributed by atoms with Gasteiger partial charge in [-0.25, -0.2) is 9.59 Å². The minimum atomic E-state index is -1.67. The highest BCUT2D eigenvalue weighted by molar-refractivity contribution is 5.79. The predicted octanol–water partition coefficient (Wildman–Crippen LogP) is 5.40. The quantitative estimate of drug-likeness (QED) is 0.0620. The van der Waals surface area contributed by atoms with E-state index < -0.39 is 73.5 Å². The van der Waals surface area contributed by atoms with Crippen molar-refractivity contribution in [1.29, 1.82) is 0 Å². The van der Waals surface area contributed by atoms with Crippen LogP contribution in [0.2, 0.25) is 0 Å². The highest BCUT2D eigenvalue weighted by atomic mass is 16.7. The number of methoxy groups -OCH3 is 1. The van der Waals surface area contributed by atoms with Crippen LogP contribution < -0.4 is 10.6 Å². The van der Waals surface area contributed by atoms with Gasteiger partial charge in [-0.1, -0.05) is 152 Å². The number of aliphatic hydroxyl groups is 1. The van der Waals surface area contributed by atoms with Gasteiger partial charge in [0.05, 0.1) is 6.61 Å².